The molecule has 106 valence electrons. The van der Waals surface area contributed by atoms with Crippen molar-refractivity contribution in [3.63, 3.8) is 0 Å². The van der Waals surface area contributed by atoms with Crippen LogP contribution in [0.1, 0.15) is 16.1 Å². The van der Waals surface area contributed by atoms with Gasteiger partial charge < -0.3 is 9.52 Å². The van der Waals surface area contributed by atoms with Crippen LogP contribution in [0.4, 0.5) is 5.69 Å². The smallest absolute Gasteiger partial charge is 0.371 e. The normalized spacial score (nSPS) is 10.9. The molecular formula is C13H9N3O5. The molecule has 0 spiro atoms. The second kappa shape index (κ2) is 4.75. The van der Waals surface area contributed by atoms with Crippen molar-refractivity contribution < 1.29 is 19.2 Å². The van der Waals surface area contributed by atoms with Crippen LogP contribution in [0, 0.1) is 10.1 Å². The number of carboxylic acids is 1. The van der Waals surface area contributed by atoms with Gasteiger partial charge in [0.25, 0.3) is 0 Å². The van der Waals surface area contributed by atoms with Crippen LogP contribution in [-0.4, -0.2) is 25.8 Å². The van der Waals surface area contributed by atoms with E-state index < -0.39 is 10.9 Å². The van der Waals surface area contributed by atoms with Crippen LogP contribution in [0.15, 0.2) is 41.1 Å². The molecular weight excluding hydrogens is 278 g/mol. The summed E-state index contributed by atoms with van der Waals surface area (Å²) in [6.07, 6.45) is 2.52. The van der Waals surface area contributed by atoms with Gasteiger partial charge in [-0.2, -0.15) is 5.10 Å². The lowest BCUT2D eigenvalue weighted by Crippen LogP contribution is -1.99. The van der Waals surface area contributed by atoms with Gasteiger partial charge in [-0.15, -0.1) is 0 Å². The fourth-order valence-corrected chi connectivity index (χ4v) is 2.02. The second-order valence-electron chi connectivity index (χ2n) is 4.44. The Bertz CT molecular complexity index is 848. The zero-order valence-electron chi connectivity index (χ0n) is 10.6. The summed E-state index contributed by atoms with van der Waals surface area (Å²) in [4.78, 5) is 20.9. The van der Waals surface area contributed by atoms with E-state index in [0.717, 1.165) is 5.56 Å². The number of nitrogens with zero attached hydrogens (tertiary/aromatic N) is 3. The molecule has 0 aliphatic heterocycles. The topological polar surface area (TPSA) is 111 Å². The second-order valence-corrected chi connectivity index (χ2v) is 4.44. The molecule has 0 unspecified atom stereocenters. The fraction of sp³-hybridized carbons (Fsp3) is 0.0769. The third-order valence-electron chi connectivity index (χ3n) is 2.97. The van der Waals surface area contributed by atoms with Gasteiger partial charge >= 0.3 is 11.7 Å². The lowest BCUT2D eigenvalue weighted by atomic mass is 10.1. The number of benzene rings is 1. The molecule has 2 aromatic heterocycles. The molecule has 3 aromatic rings. The largest absolute Gasteiger partial charge is 0.475 e. The monoisotopic (exact) mass is 287 g/mol. The quantitative estimate of drug-likeness (QED) is 0.582. The SMILES string of the molecule is O=C(O)c1cc2cc(Cn3cc([N+](=O)[O-])cn3)ccc2o1. The van der Waals surface area contributed by atoms with Crippen molar-refractivity contribution in [2.75, 3.05) is 0 Å². The predicted molar refractivity (Wildman–Crippen MR) is 71.2 cm³/mol. The predicted octanol–water partition coefficient (Wildman–Crippen LogP) is 2.28. The fourth-order valence-electron chi connectivity index (χ4n) is 2.02. The standard InChI is InChI=1S/C13H9N3O5/c17-13(18)12-4-9-3-8(1-2-11(9)21-12)6-15-7-10(5-14-15)16(19)20/h1-5,7H,6H2,(H,17,18). The number of carboxylic acid groups (broad SMARTS) is 1. The van der Waals surface area contributed by atoms with Gasteiger partial charge in [0.1, 0.15) is 18.0 Å². The first-order valence-electron chi connectivity index (χ1n) is 5.95. The van der Waals surface area contributed by atoms with Crippen LogP contribution in [0.2, 0.25) is 0 Å². The first-order valence-corrected chi connectivity index (χ1v) is 5.95. The highest BCUT2D eigenvalue weighted by atomic mass is 16.6. The summed E-state index contributed by atoms with van der Waals surface area (Å²) in [5, 5.41) is 24.0. The molecule has 0 bridgehead atoms. The van der Waals surface area contributed by atoms with E-state index in [1.807, 2.05) is 0 Å². The minimum atomic E-state index is -1.13. The Kier molecular flexibility index (Phi) is 2.90. The summed E-state index contributed by atoms with van der Waals surface area (Å²) >= 11 is 0. The van der Waals surface area contributed by atoms with Gasteiger partial charge in [0, 0.05) is 5.39 Å². The highest BCUT2D eigenvalue weighted by Crippen LogP contribution is 2.21. The van der Waals surface area contributed by atoms with E-state index in [1.54, 1.807) is 18.2 Å². The first-order chi connectivity index (χ1) is 10.0. The summed E-state index contributed by atoms with van der Waals surface area (Å²) < 4.78 is 6.60. The van der Waals surface area contributed by atoms with Crippen LogP contribution in [0.3, 0.4) is 0 Å². The molecule has 0 radical (unpaired) electrons. The van der Waals surface area contributed by atoms with Gasteiger partial charge in [-0.3, -0.25) is 14.8 Å². The Morgan fingerprint density at radius 1 is 1.43 bits per heavy atom. The molecule has 8 nitrogen and oxygen atoms in total. The molecule has 3 rings (SSSR count). The van der Waals surface area contributed by atoms with Gasteiger partial charge in [-0.05, 0) is 23.8 Å². The van der Waals surface area contributed by atoms with Crippen molar-refractivity contribution >= 4 is 22.6 Å². The lowest BCUT2D eigenvalue weighted by Gasteiger charge is -2.00. The highest BCUT2D eigenvalue weighted by molar-refractivity contribution is 5.91. The molecule has 0 amide bonds. The third-order valence-corrected chi connectivity index (χ3v) is 2.97. The Hall–Kier alpha value is -3.16. The zero-order valence-corrected chi connectivity index (χ0v) is 10.6. The molecule has 0 aliphatic rings. The summed E-state index contributed by atoms with van der Waals surface area (Å²) in [6.45, 7) is 0.345. The maximum absolute atomic E-state index is 10.8. The molecule has 0 saturated heterocycles. The van der Waals surface area contributed by atoms with Crippen molar-refractivity contribution in [2.45, 2.75) is 6.54 Å². The van der Waals surface area contributed by atoms with E-state index in [2.05, 4.69) is 5.10 Å². The Balaban J connectivity index is 1.89. The van der Waals surface area contributed by atoms with Crippen LogP contribution < -0.4 is 0 Å². The summed E-state index contributed by atoms with van der Waals surface area (Å²) in [5.41, 5.74) is 1.23. The molecule has 1 N–H and O–H groups in total. The average Bonchev–Trinajstić information content (AvgIpc) is 3.04. The van der Waals surface area contributed by atoms with E-state index in [9.17, 15) is 14.9 Å². The number of aromatic nitrogens is 2. The van der Waals surface area contributed by atoms with Crippen molar-refractivity contribution in [3.8, 4) is 0 Å². The summed E-state index contributed by atoms with van der Waals surface area (Å²) in [5.74, 6) is -1.26. The van der Waals surface area contributed by atoms with Crippen LogP contribution in [0.5, 0.6) is 0 Å². The molecule has 21 heavy (non-hydrogen) atoms. The maximum Gasteiger partial charge on any atom is 0.371 e. The van der Waals surface area contributed by atoms with Crippen molar-refractivity contribution in [1.82, 2.24) is 9.78 Å². The molecule has 1 aromatic carbocycles. The summed E-state index contributed by atoms with van der Waals surface area (Å²) in [7, 11) is 0. The number of hydrogen-bond acceptors (Lipinski definition) is 5. The molecule has 0 fully saturated rings. The third kappa shape index (κ3) is 2.46. The molecule has 0 atom stereocenters. The molecule has 0 saturated carbocycles. The first kappa shape index (κ1) is 12.9. The number of nitro groups is 1. The van der Waals surface area contributed by atoms with Crippen LogP contribution in [0.25, 0.3) is 11.0 Å². The highest BCUT2D eigenvalue weighted by Gasteiger charge is 2.12. The number of furan rings is 1. The van der Waals surface area contributed by atoms with Crippen molar-refractivity contribution in [2.24, 2.45) is 0 Å². The Morgan fingerprint density at radius 3 is 2.90 bits per heavy atom. The van der Waals surface area contributed by atoms with E-state index in [4.69, 9.17) is 9.52 Å². The molecule has 0 aliphatic carbocycles. The summed E-state index contributed by atoms with van der Waals surface area (Å²) in [6, 6.07) is 6.62. The van der Waals surface area contributed by atoms with Gasteiger partial charge in [-0.1, -0.05) is 6.07 Å². The van der Waals surface area contributed by atoms with E-state index in [-0.39, 0.29) is 11.4 Å². The maximum atomic E-state index is 10.8. The average molecular weight is 287 g/mol. The number of rotatable bonds is 4. The van der Waals surface area contributed by atoms with Crippen molar-refractivity contribution in [3.05, 3.63) is 58.1 Å². The Labute approximate surface area is 117 Å². The molecule has 2 heterocycles. The van der Waals surface area contributed by atoms with E-state index in [0.29, 0.717) is 17.5 Å². The van der Waals surface area contributed by atoms with Crippen LogP contribution >= 0.6 is 0 Å². The van der Waals surface area contributed by atoms with E-state index in [1.165, 1.54) is 23.1 Å². The van der Waals surface area contributed by atoms with Gasteiger partial charge in [0.2, 0.25) is 5.76 Å². The minimum Gasteiger partial charge on any atom is -0.475 e. The van der Waals surface area contributed by atoms with Crippen LogP contribution in [-0.2, 0) is 6.54 Å². The number of carbonyl (C=O) groups is 1. The lowest BCUT2D eigenvalue weighted by molar-refractivity contribution is -0.385. The molecule has 8 heteroatoms. The van der Waals surface area contributed by atoms with Gasteiger partial charge in [-0.25, -0.2) is 4.79 Å². The zero-order chi connectivity index (χ0) is 15.0. The van der Waals surface area contributed by atoms with Gasteiger partial charge in [0.15, 0.2) is 0 Å². The van der Waals surface area contributed by atoms with E-state index >= 15 is 0 Å². The number of hydrogen-bond donors (Lipinski definition) is 1. The van der Waals surface area contributed by atoms with Gasteiger partial charge in [0.05, 0.1) is 11.5 Å². The minimum absolute atomic E-state index is 0.0763. The van der Waals surface area contributed by atoms with Crippen molar-refractivity contribution in [1.29, 1.82) is 0 Å². The number of aromatic carboxylic acids is 1. The number of fused-ring (bicyclic) bond motifs is 1. The Morgan fingerprint density at radius 2 is 2.24 bits per heavy atom.